The van der Waals surface area contributed by atoms with Crippen LogP contribution in [0.2, 0.25) is 5.02 Å². The van der Waals surface area contributed by atoms with Crippen molar-refractivity contribution < 1.29 is 4.79 Å². The molecule has 0 radical (unpaired) electrons. The largest absolute Gasteiger partial charge is 0.368 e. The van der Waals surface area contributed by atoms with Crippen LogP contribution in [0.3, 0.4) is 0 Å². The monoisotopic (exact) mass is 571 g/mol. The second-order valence-corrected chi connectivity index (χ2v) is 9.64. The van der Waals surface area contributed by atoms with E-state index >= 15 is 0 Å². The first-order valence-electron chi connectivity index (χ1n) is 12.3. The maximum absolute atomic E-state index is 12.3. The van der Waals surface area contributed by atoms with Gasteiger partial charge >= 0.3 is 6.03 Å². The fourth-order valence-electron chi connectivity index (χ4n) is 4.89. The van der Waals surface area contributed by atoms with Crippen LogP contribution in [0.1, 0.15) is 11.3 Å². The molecule has 2 N–H and O–H groups in total. The van der Waals surface area contributed by atoms with E-state index in [0.29, 0.717) is 10.7 Å². The maximum Gasteiger partial charge on any atom is 0.323 e. The van der Waals surface area contributed by atoms with Gasteiger partial charge < -0.3 is 10.6 Å². The Bertz CT molecular complexity index is 1390. The zero-order valence-electron chi connectivity index (χ0n) is 21.2. The summed E-state index contributed by atoms with van der Waals surface area (Å²) in [5.41, 5.74) is 11.6. The van der Waals surface area contributed by atoms with Gasteiger partial charge in [0.1, 0.15) is 0 Å². The number of primary amides is 1. The predicted octanol–water partition coefficient (Wildman–Crippen LogP) is 6.62. The molecule has 1 saturated heterocycles. The van der Waals surface area contributed by atoms with Gasteiger partial charge in [-0.2, -0.15) is 0 Å². The molecule has 1 aromatic heterocycles. The number of pyridine rings is 1. The highest BCUT2D eigenvalue weighted by Gasteiger charge is 2.20. The van der Waals surface area contributed by atoms with Gasteiger partial charge in [-0.25, -0.2) is 4.79 Å². The molecule has 5 rings (SSSR count). The third kappa shape index (κ3) is 6.69. The van der Waals surface area contributed by atoms with Crippen LogP contribution in [0.4, 0.5) is 21.9 Å². The number of piperazine rings is 1. The maximum atomic E-state index is 12.3. The number of anilines is 3. The number of aromatic nitrogens is 1. The molecule has 0 bridgehead atoms. The highest BCUT2D eigenvalue weighted by Crippen LogP contribution is 2.29. The lowest BCUT2D eigenvalue weighted by molar-refractivity contribution is 0.256. The minimum atomic E-state index is -0.538. The number of carbonyl (C=O) groups excluding carboxylic acids is 1. The van der Waals surface area contributed by atoms with Gasteiger partial charge in [-0.3, -0.25) is 14.8 Å². The van der Waals surface area contributed by atoms with Crippen molar-refractivity contribution >= 4 is 70.4 Å². The number of fused-ring (bicyclic) bond motifs is 1. The van der Waals surface area contributed by atoms with Crippen LogP contribution in [-0.4, -0.2) is 48.6 Å². The summed E-state index contributed by atoms with van der Waals surface area (Å²) in [6, 6.07) is 25.3. The van der Waals surface area contributed by atoms with Gasteiger partial charge in [0, 0.05) is 54.5 Å². The Labute approximate surface area is 241 Å². The molecule has 0 aliphatic carbocycles. The summed E-state index contributed by atoms with van der Waals surface area (Å²) in [6.45, 7) is 6.97. The highest BCUT2D eigenvalue weighted by molar-refractivity contribution is 6.31. The van der Waals surface area contributed by atoms with Gasteiger partial charge in [0.15, 0.2) is 0 Å². The molecule has 4 aromatic rings. The van der Waals surface area contributed by atoms with Gasteiger partial charge in [0.25, 0.3) is 0 Å². The average molecular weight is 573 g/mol. The average Bonchev–Trinajstić information content (AvgIpc) is 2.87. The Balaban J connectivity index is 0.00000200. The van der Waals surface area contributed by atoms with E-state index < -0.39 is 6.03 Å². The minimum Gasteiger partial charge on any atom is -0.368 e. The summed E-state index contributed by atoms with van der Waals surface area (Å²) >= 11 is 6.14. The van der Waals surface area contributed by atoms with E-state index in [1.54, 1.807) is 12.1 Å². The number of nitrogens with zero attached hydrogens (tertiary/aromatic N) is 4. The second-order valence-electron chi connectivity index (χ2n) is 9.20. The first kappa shape index (κ1) is 29.5. The summed E-state index contributed by atoms with van der Waals surface area (Å²) in [6.07, 6.45) is 0.896. The van der Waals surface area contributed by atoms with Crippen molar-refractivity contribution in [2.24, 2.45) is 5.73 Å². The molecule has 1 aliphatic heterocycles. The predicted molar refractivity (Wildman–Crippen MR) is 163 cm³/mol. The molecule has 6 nitrogen and oxygen atoms in total. The summed E-state index contributed by atoms with van der Waals surface area (Å²) in [4.78, 5) is 23.4. The summed E-state index contributed by atoms with van der Waals surface area (Å²) in [5.74, 6) is 0. The Kier molecular flexibility index (Phi) is 10.2. The second kappa shape index (κ2) is 13.2. The Morgan fingerprint density at radius 3 is 2.32 bits per heavy atom. The zero-order valence-corrected chi connectivity index (χ0v) is 23.6. The molecule has 0 unspecified atom stereocenters. The van der Waals surface area contributed by atoms with E-state index in [2.05, 4.69) is 51.2 Å². The molecule has 38 heavy (non-hydrogen) atoms. The van der Waals surface area contributed by atoms with Gasteiger partial charge in [-0.05, 0) is 73.5 Å². The Hall–Kier alpha value is -3.03. The first-order valence-corrected chi connectivity index (χ1v) is 12.6. The lowest BCUT2D eigenvalue weighted by Crippen LogP contribution is -2.47. The van der Waals surface area contributed by atoms with Crippen molar-refractivity contribution in [2.45, 2.75) is 13.3 Å². The lowest BCUT2D eigenvalue weighted by atomic mass is 10.1. The molecule has 2 heterocycles. The molecule has 9 heteroatoms. The quantitative estimate of drug-likeness (QED) is 0.282. The van der Waals surface area contributed by atoms with Gasteiger partial charge in [0.2, 0.25) is 0 Å². The first-order chi connectivity index (χ1) is 17.5. The third-order valence-electron chi connectivity index (χ3n) is 6.73. The normalized spacial score (nSPS) is 13.5. The van der Waals surface area contributed by atoms with Gasteiger partial charge in [0.05, 0.1) is 16.9 Å². The van der Waals surface area contributed by atoms with Crippen LogP contribution < -0.4 is 15.5 Å². The van der Waals surface area contributed by atoms with Gasteiger partial charge in [-0.15, -0.1) is 24.8 Å². The fourth-order valence-corrected chi connectivity index (χ4v) is 5.07. The number of carbonyl (C=O) groups is 1. The number of aryl methyl sites for hydroxylation is 1. The van der Waals surface area contributed by atoms with Crippen molar-refractivity contribution in [1.82, 2.24) is 9.88 Å². The van der Waals surface area contributed by atoms with E-state index in [1.165, 1.54) is 21.5 Å². The van der Waals surface area contributed by atoms with Crippen molar-refractivity contribution in [1.29, 1.82) is 0 Å². The number of nitrogens with two attached hydrogens (primary N) is 1. The highest BCUT2D eigenvalue weighted by atomic mass is 35.5. The number of benzene rings is 3. The number of urea groups is 1. The molecule has 3 aromatic carbocycles. The molecular weight excluding hydrogens is 541 g/mol. The Morgan fingerprint density at radius 2 is 1.61 bits per heavy atom. The molecule has 0 atom stereocenters. The number of amides is 2. The van der Waals surface area contributed by atoms with Crippen molar-refractivity contribution in [3.63, 3.8) is 0 Å². The van der Waals surface area contributed by atoms with E-state index in [0.717, 1.165) is 56.0 Å². The van der Waals surface area contributed by atoms with E-state index in [1.807, 2.05) is 37.3 Å². The molecular formula is C29H32Cl3N5O. The Morgan fingerprint density at radius 1 is 0.921 bits per heavy atom. The summed E-state index contributed by atoms with van der Waals surface area (Å²) < 4.78 is 0. The number of hydrogen-bond donors (Lipinski definition) is 1. The molecule has 200 valence electrons. The summed E-state index contributed by atoms with van der Waals surface area (Å²) in [7, 11) is 0. The van der Waals surface area contributed by atoms with E-state index in [-0.39, 0.29) is 24.8 Å². The SMILES string of the molecule is Cc1ccc2c(N3CCN(CCc4cccc(N(C(N)=O)c5cccc(Cl)c5)c4)CC3)cccc2n1.Cl.Cl. The lowest BCUT2D eigenvalue weighted by Gasteiger charge is -2.36. The molecule has 0 spiro atoms. The topological polar surface area (TPSA) is 65.7 Å². The van der Waals surface area contributed by atoms with E-state index in [9.17, 15) is 4.79 Å². The molecule has 0 saturated carbocycles. The summed E-state index contributed by atoms with van der Waals surface area (Å²) in [5, 5.41) is 1.77. The van der Waals surface area contributed by atoms with Crippen LogP contribution in [0.5, 0.6) is 0 Å². The minimum absolute atomic E-state index is 0. The number of hydrogen-bond acceptors (Lipinski definition) is 4. The van der Waals surface area contributed by atoms with Crippen LogP contribution in [0, 0.1) is 6.92 Å². The zero-order chi connectivity index (χ0) is 25.1. The number of rotatable bonds is 6. The van der Waals surface area contributed by atoms with Crippen molar-refractivity contribution in [3.05, 3.63) is 95.1 Å². The van der Waals surface area contributed by atoms with Crippen molar-refractivity contribution in [2.75, 3.05) is 42.5 Å². The van der Waals surface area contributed by atoms with Crippen molar-refractivity contribution in [3.8, 4) is 0 Å². The standard InChI is InChI=1S/C29H30ClN5O.2ClH/c1-21-11-12-26-27(32-21)9-4-10-28(26)34-17-15-33(16-18-34)14-13-22-5-2-7-24(19-22)35(29(31)36)25-8-3-6-23(30)20-25;;/h2-12,19-20H,13-18H2,1H3,(H2,31,36);2*1H. The fraction of sp³-hybridized carbons (Fsp3) is 0.241. The van der Waals surface area contributed by atoms with E-state index in [4.69, 9.17) is 17.3 Å². The smallest absolute Gasteiger partial charge is 0.323 e. The van der Waals surface area contributed by atoms with Crippen LogP contribution in [0.15, 0.2) is 78.9 Å². The molecule has 1 aliphatic rings. The van der Waals surface area contributed by atoms with Crippen LogP contribution in [-0.2, 0) is 6.42 Å². The number of halogens is 3. The molecule has 2 amide bonds. The third-order valence-corrected chi connectivity index (χ3v) is 6.97. The van der Waals surface area contributed by atoms with Crippen LogP contribution >= 0.6 is 36.4 Å². The van der Waals surface area contributed by atoms with Crippen LogP contribution in [0.25, 0.3) is 10.9 Å². The van der Waals surface area contributed by atoms with Gasteiger partial charge in [-0.1, -0.05) is 35.9 Å². The molecule has 1 fully saturated rings.